The normalized spacial score (nSPS) is 37.4. The third-order valence-corrected chi connectivity index (χ3v) is 4.84. The molecule has 2 aliphatic carbocycles. The van der Waals surface area contributed by atoms with Gasteiger partial charge in [-0.2, -0.15) is 0 Å². The van der Waals surface area contributed by atoms with Crippen molar-refractivity contribution in [1.82, 2.24) is 0 Å². The molecule has 0 aliphatic heterocycles. The zero-order chi connectivity index (χ0) is 12.6. The molecule has 0 bridgehead atoms. The van der Waals surface area contributed by atoms with Crippen LogP contribution < -0.4 is 0 Å². The molecule has 1 saturated carbocycles. The Morgan fingerprint density at radius 3 is 2.88 bits per heavy atom. The Morgan fingerprint density at radius 2 is 2.35 bits per heavy atom. The summed E-state index contributed by atoms with van der Waals surface area (Å²) in [6, 6.07) is 0. The van der Waals surface area contributed by atoms with Crippen molar-refractivity contribution in [2.45, 2.75) is 39.5 Å². The van der Waals surface area contributed by atoms with E-state index >= 15 is 0 Å². The van der Waals surface area contributed by atoms with Gasteiger partial charge in [0.05, 0.1) is 6.61 Å². The lowest BCUT2D eigenvalue weighted by Gasteiger charge is -2.40. The Morgan fingerprint density at radius 1 is 1.65 bits per heavy atom. The zero-order valence-corrected chi connectivity index (χ0v) is 10.8. The predicted octanol–water partition coefficient (Wildman–Crippen LogP) is 2.88. The SMILES string of the molecule is C=C(C)C1CCC2(C1)C(CO)=CC(=O)CC2C. The molecule has 0 radical (unpaired) electrons. The molecule has 2 aliphatic rings. The minimum atomic E-state index is 0.0268. The van der Waals surface area contributed by atoms with Gasteiger partial charge in [-0.3, -0.25) is 4.79 Å². The predicted molar refractivity (Wildman–Crippen MR) is 68.5 cm³/mol. The Labute approximate surface area is 103 Å². The van der Waals surface area contributed by atoms with Gasteiger partial charge in [0.25, 0.3) is 0 Å². The lowest BCUT2D eigenvalue weighted by Crippen LogP contribution is -2.35. The first-order valence-corrected chi connectivity index (χ1v) is 6.49. The number of hydrogen-bond donors (Lipinski definition) is 1. The Hall–Kier alpha value is -0.890. The zero-order valence-electron chi connectivity index (χ0n) is 10.8. The van der Waals surface area contributed by atoms with Gasteiger partial charge in [-0.1, -0.05) is 19.1 Å². The van der Waals surface area contributed by atoms with Gasteiger partial charge in [0.1, 0.15) is 0 Å². The number of rotatable bonds is 2. The molecule has 0 amide bonds. The van der Waals surface area contributed by atoms with Crippen LogP contribution in [-0.4, -0.2) is 17.5 Å². The maximum atomic E-state index is 11.6. The van der Waals surface area contributed by atoms with Crippen molar-refractivity contribution >= 4 is 5.78 Å². The highest BCUT2D eigenvalue weighted by atomic mass is 16.3. The largest absolute Gasteiger partial charge is 0.392 e. The fraction of sp³-hybridized carbons (Fsp3) is 0.667. The minimum absolute atomic E-state index is 0.0268. The molecular formula is C15H22O2. The molecule has 0 saturated heterocycles. The van der Waals surface area contributed by atoms with Gasteiger partial charge >= 0.3 is 0 Å². The molecule has 0 aromatic rings. The third kappa shape index (κ3) is 1.99. The lowest BCUT2D eigenvalue weighted by atomic mass is 9.64. The summed E-state index contributed by atoms with van der Waals surface area (Å²) < 4.78 is 0. The highest BCUT2D eigenvalue weighted by molar-refractivity contribution is 5.92. The third-order valence-electron chi connectivity index (χ3n) is 4.84. The first-order valence-electron chi connectivity index (χ1n) is 6.49. The molecule has 1 spiro atoms. The van der Waals surface area contributed by atoms with Gasteiger partial charge in [0.15, 0.2) is 5.78 Å². The van der Waals surface area contributed by atoms with Crippen LogP contribution in [0, 0.1) is 17.3 Å². The van der Waals surface area contributed by atoms with Crippen molar-refractivity contribution in [1.29, 1.82) is 0 Å². The van der Waals surface area contributed by atoms with E-state index in [1.807, 2.05) is 0 Å². The van der Waals surface area contributed by atoms with Gasteiger partial charge < -0.3 is 5.11 Å². The number of carbonyl (C=O) groups excluding carboxylic acids is 1. The van der Waals surface area contributed by atoms with E-state index in [0.29, 0.717) is 18.3 Å². The summed E-state index contributed by atoms with van der Waals surface area (Å²) in [6.45, 7) is 8.33. The Kier molecular flexibility index (Phi) is 3.26. The Bertz CT molecular complexity index is 380. The van der Waals surface area contributed by atoms with E-state index in [1.165, 1.54) is 5.57 Å². The molecule has 2 rings (SSSR count). The molecule has 1 N–H and O–H groups in total. The van der Waals surface area contributed by atoms with Crippen LogP contribution in [0.1, 0.15) is 39.5 Å². The monoisotopic (exact) mass is 234 g/mol. The number of carbonyl (C=O) groups is 1. The second-order valence-corrected chi connectivity index (χ2v) is 5.84. The van der Waals surface area contributed by atoms with Crippen LogP contribution in [0.3, 0.4) is 0 Å². The van der Waals surface area contributed by atoms with Crippen molar-refractivity contribution in [3.8, 4) is 0 Å². The molecule has 2 heteroatoms. The Balaban J connectivity index is 2.32. The van der Waals surface area contributed by atoms with Gasteiger partial charge in [-0.05, 0) is 55.1 Å². The lowest BCUT2D eigenvalue weighted by molar-refractivity contribution is -0.117. The van der Waals surface area contributed by atoms with E-state index in [9.17, 15) is 9.90 Å². The molecule has 0 heterocycles. The van der Waals surface area contributed by atoms with Crippen LogP contribution in [0.2, 0.25) is 0 Å². The van der Waals surface area contributed by atoms with Gasteiger partial charge in [-0.25, -0.2) is 0 Å². The van der Waals surface area contributed by atoms with Crippen molar-refractivity contribution in [2.24, 2.45) is 17.3 Å². The summed E-state index contributed by atoms with van der Waals surface area (Å²) in [4.78, 5) is 11.6. The molecule has 2 nitrogen and oxygen atoms in total. The van der Waals surface area contributed by atoms with Crippen LogP contribution >= 0.6 is 0 Å². The number of hydrogen-bond acceptors (Lipinski definition) is 2. The molecular weight excluding hydrogens is 212 g/mol. The topological polar surface area (TPSA) is 37.3 Å². The average molecular weight is 234 g/mol. The number of ketones is 1. The molecule has 3 unspecified atom stereocenters. The fourth-order valence-electron chi connectivity index (χ4n) is 3.65. The minimum Gasteiger partial charge on any atom is -0.392 e. The van der Waals surface area contributed by atoms with Crippen molar-refractivity contribution in [3.05, 3.63) is 23.8 Å². The highest BCUT2D eigenvalue weighted by Crippen LogP contribution is 2.55. The van der Waals surface area contributed by atoms with Crippen LogP contribution in [-0.2, 0) is 4.79 Å². The van der Waals surface area contributed by atoms with E-state index < -0.39 is 0 Å². The van der Waals surface area contributed by atoms with E-state index in [-0.39, 0.29) is 17.8 Å². The summed E-state index contributed by atoms with van der Waals surface area (Å²) in [5.41, 5.74) is 2.26. The summed E-state index contributed by atoms with van der Waals surface area (Å²) in [7, 11) is 0. The van der Waals surface area contributed by atoms with Crippen molar-refractivity contribution in [3.63, 3.8) is 0 Å². The van der Waals surface area contributed by atoms with E-state index in [4.69, 9.17) is 0 Å². The first-order chi connectivity index (χ1) is 7.99. The molecule has 0 aromatic carbocycles. The maximum absolute atomic E-state index is 11.6. The first kappa shape index (κ1) is 12.6. The summed E-state index contributed by atoms with van der Waals surface area (Å²) in [5.74, 6) is 1.08. The molecule has 94 valence electrons. The average Bonchev–Trinajstić information content (AvgIpc) is 2.70. The maximum Gasteiger partial charge on any atom is 0.156 e. The number of allylic oxidation sites excluding steroid dienone is 2. The second-order valence-electron chi connectivity index (χ2n) is 5.84. The van der Waals surface area contributed by atoms with Gasteiger partial charge in [0.2, 0.25) is 0 Å². The molecule has 17 heavy (non-hydrogen) atoms. The van der Waals surface area contributed by atoms with E-state index in [1.54, 1.807) is 6.08 Å². The van der Waals surface area contributed by atoms with Crippen LogP contribution in [0.4, 0.5) is 0 Å². The smallest absolute Gasteiger partial charge is 0.156 e. The van der Waals surface area contributed by atoms with Crippen molar-refractivity contribution in [2.75, 3.05) is 6.61 Å². The van der Waals surface area contributed by atoms with E-state index in [2.05, 4.69) is 20.4 Å². The number of aliphatic hydroxyl groups excluding tert-OH is 1. The summed E-state index contributed by atoms with van der Waals surface area (Å²) >= 11 is 0. The highest BCUT2D eigenvalue weighted by Gasteiger charge is 2.47. The number of aliphatic hydroxyl groups is 1. The van der Waals surface area contributed by atoms with Crippen LogP contribution in [0.5, 0.6) is 0 Å². The molecule has 1 fully saturated rings. The van der Waals surface area contributed by atoms with Gasteiger partial charge in [-0.15, -0.1) is 0 Å². The molecule has 3 atom stereocenters. The van der Waals surface area contributed by atoms with E-state index in [0.717, 1.165) is 24.8 Å². The van der Waals surface area contributed by atoms with Crippen LogP contribution in [0.25, 0.3) is 0 Å². The molecule has 0 aromatic heterocycles. The van der Waals surface area contributed by atoms with Gasteiger partial charge in [0, 0.05) is 6.42 Å². The second kappa shape index (κ2) is 4.41. The van der Waals surface area contributed by atoms with Crippen LogP contribution in [0.15, 0.2) is 23.8 Å². The van der Waals surface area contributed by atoms with Crippen molar-refractivity contribution < 1.29 is 9.90 Å². The quantitative estimate of drug-likeness (QED) is 0.746. The summed E-state index contributed by atoms with van der Waals surface area (Å²) in [5, 5.41) is 9.53. The summed E-state index contributed by atoms with van der Waals surface area (Å²) in [6.07, 6.45) is 5.62. The fourth-order valence-corrected chi connectivity index (χ4v) is 3.65. The standard InChI is InChI=1S/C15H22O2/c1-10(2)12-4-5-15(8-12)11(3)6-14(17)7-13(15)9-16/h7,11-12,16H,1,4-6,8-9H2,2-3H3.